The zero-order valence-corrected chi connectivity index (χ0v) is 12.6. The van der Waals surface area contributed by atoms with E-state index in [0.29, 0.717) is 18.1 Å². The molecule has 23 heavy (non-hydrogen) atoms. The highest BCUT2D eigenvalue weighted by atomic mass is 16.5. The minimum atomic E-state index is 0.168. The largest absolute Gasteiger partial charge is 0.484 e. The summed E-state index contributed by atoms with van der Waals surface area (Å²) in [4.78, 5) is 18.0. The Kier molecular flexibility index (Phi) is 3.46. The van der Waals surface area contributed by atoms with Crippen molar-refractivity contribution < 1.29 is 13.9 Å². The molecular weight excluding hydrogens is 292 g/mol. The number of oxazole rings is 1. The maximum atomic E-state index is 11.8. The van der Waals surface area contributed by atoms with E-state index in [2.05, 4.69) is 4.98 Å². The Hall–Kier alpha value is -2.82. The van der Waals surface area contributed by atoms with Crippen LogP contribution < -0.4 is 9.64 Å². The van der Waals surface area contributed by atoms with Crippen molar-refractivity contribution in [2.45, 2.75) is 19.4 Å². The Balaban J connectivity index is 1.49. The van der Waals surface area contributed by atoms with Crippen LogP contribution in [0.4, 0.5) is 5.69 Å². The quantitative estimate of drug-likeness (QED) is 0.740. The summed E-state index contributed by atoms with van der Waals surface area (Å²) in [5.41, 5.74) is 2.45. The van der Waals surface area contributed by atoms with Gasteiger partial charge in [0.05, 0.1) is 0 Å². The first-order valence-corrected chi connectivity index (χ1v) is 7.67. The zero-order chi connectivity index (χ0) is 15.6. The molecule has 0 saturated carbocycles. The monoisotopic (exact) mass is 308 g/mol. The van der Waals surface area contributed by atoms with Crippen molar-refractivity contribution in [3.8, 4) is 5.75 Å². The number of carbonyl (C=O) groups excluding carboxylic acids is 1. The van der Waals surface area contributed by atoms with Crippen LogP contribution in [0.3, 0.4) is 0 Å². The van der Waals surface area contributed by atoms with Crippen LogP contribution in [0.15, 0.2) is 52.9 Å². The third kappa shape index (κ3) is 2.77. The first-order valence-electron chi connectivity index (χ1n) is 7.67. The molecule has 116 valence electrons. The van der Waals surface area contributed by atoms with Gasteiger partial charge in [0.1, 0.15) is 11.3 Å². The maximum absolute atomic E-state index is 11.8. The average molecular weight is 308 g/mol. The number of rotatable bonds is 4. The molecular formula is C18H16N2O3. The van der Waals surface area contributed by atoms with Crippen LogP contribution in [0.2, 0.25) is 0 Å². The molecule has 0 radical (unpaired) electrons. The summed E-state index contributed by atoms with van der Waals surface area (Å²) in [6, 6.07) is 15.2. The van der Waals surface area contributed by atoms with Crippen LogP contribution >= 0.6 is 0 Å². The fraction of sp³-hybridized carbons (Fsp3) is 0.222. The lowest BCUT2D eigenvalue weighted by atomic mass is 10.3. The molecule has 1 amide bonds. The summed E-state index contributed by atoms with van der Waals surface area (Å²) >= 11 is 0. The normalized spacial score (nSPS) is 14.6. The molecule has 1 aliphatic heterocycles. The molecule has 0 unspecified atom stereocenters. The highest BCUT2D eigenvalue weighted by molar-refractivity contribution is 5.95. The molecule has 4 rings (SSSR count). The predicted molar refractivity (Wildman–Crippen MR) is 86.4 cm³/mol. The van der Waals surface area contributed by atoms with Gasteiger partial charge in [0, 0.05) is 24.7 Å². The van der Waals surface area contributed by atoms with E-state index in [9.17, 15) is 4.79 Å². The number of ether oxygens (including phenoxy) is 1. The third-order valence-electron chi connectivity index (χ3n) is 3.90. The molecule has 1 fully saturated rings. The summed E-state index contributed by atoms with van der Waals surface area (Å²) in [5.74, 6) is 1.40. The second-order valence-electron chi connectivity index (χ2n) is 5.51. The van der Waals surface area contributed by atoms with E-state index in [0.717, 1.165) is 29.8 Å². The van der Waals surface area contributed by atoms with Gasteiger partial charge in [-0.3, -0.25) is 4.79 Å². The number of carbonyl (C=O) groups is 1. The van der Waals surface area contributed by atoms with Gasteiger partial charge in [0.25, 0.3) is 0 Å². The lowest BCUT2D eigenvalue weighted by Crippen LogP contribution is -2.23. The van der Waals surface area contributed by atoms with Crippen molar-refractivity contribution in [1.82, 2.24) is 4.98 Å². The lowest BCUT2D eigenvalue weighted by molar-refractivity contribution is -0.117. The van der Waals surface area contributed by atoms with E-state index in [1.54, 1.807) is 4.90 Å². The molecule has 0 atom stereocenters. The van der Waals surface area contributed by atoms with E-state index in [1.165, 1.54) is 0 Å². The number of anilines is 1. The van der Waals surface area contributed by atoms with Crippen molar-refractivity contribution in [3.63, 3.8) is 0 Å². The molecule has 1 aromatic heterocycles. The Morgan fingerprint density at radius 3 is 2.91 bits per heavy atom. The van der Waals surface area contributed by atoms with Crippen LogP contribution in [-0.4, -0.2) is 17.4 Å². The summed E-state index contributed by atoms with van der Waals surface area (Å²) < 4.78 is 11.4. The van der Waals surface area contributed by atoms with Gasteiger partial charge in [-0.2, -0.15) is 0 Å². The lowest BCUT2D eigenvalue weighted by Gasteiger charge is -2.16. The van der Waals surface area contributed by atoms with Crippen molar-refractivity contribution >= 4 is 22.7 Å². The molecule has 2 heterocycles. The fourth-order valence-electron chi connectivity index (χ4n) is 2.79. The molecule has 0 spiro atoms. The Morgan fingerprint density at radius 1 is 1.17 bits per heavy atom. The minimum Gasteiger partial charge on any atom is -0.484 e. The van der Waals surface area contributed by atoms with Gasteiger partial charge in [0.2, 0.25) is 11.8 Å². The second-order valence-corrected chi connectivity index (χ2v) is 5.51. The predicted octanol–water partition coefficient (Wildman–Crippen LogP) is 3.53. The third-order valence-corrected chi connectivity index (χ3v) is 3.90. The second kappa shape index (κ2) is 5.76. The Labute approximate surface area is 133 Å². The van der Waals surface area contributed by atoms with Crippen LogP contribution in [0.1, 0.15) is 18.7 Å². The van der Waals surface area contributed by atoms with Gasteiger partial charge in [-0.15, -0.1) is 0 Å². The molecule has 2 aromatic carbocycles. The SMILES string of the molecule is O=C1CCCN1c1cccc(OCc2nc3ccccc3o2)c1. The summed E-state index contributed by atoms with van der Waals surface area (Å²) in [5, 5.41) is 0. The van der Waals surface area contributed by atoms with Gasteiger partial charge < -0.3 is 14.1 Å². The highest BCUT2D eigenvalue weighted by Crippen LogP contribution is 2.26. The van der Waals surface area contributed by atoms with Gasteiger partial charge in [0.15, 0.2) is 12.2 Å². The average Bonchev–Trinajstić information content (AvgIpc) is 3.18. The summed E-state index contributed by atoms with van der Waals surface area (Å²) in [6.45, 7) is 1.03. The van der Waals surface area contributed by atoms with Crippen LogP contribution in [-0.2, 0) is 11.4 Å². The minimum absolute atomic E-state index is 0.168. The standard InChI is InChI=1S/C18H16N2O3/c21-18-9-4-10-20(18)13-5-3-6-14(11-13)22-12-17-19-15-7-1-2-8-16(15)23-17/h1-3,5-8,11H,4,9-10,12H2. The van der Waals surface area contributed by atoms with Gasteiger partial charge in [-0.05, 0) is 30.7 Å². The summed E-state index contributed by atoms with van der Waals surface area (Å²) in [6.07, 6.45) is 1.53. The van der Waals surface area contributed by atoms with Gasteiger partial charge in [-0.25, -0.2) is 4.98 Å². The van der Waals surface area contributed by atoms with E-state index >= 15 is 0 Å². The van der Waals surface area contributed by atoms with Crippen LogP contribution in [0.5, 0.6) is 5.75 Å². The maximum Gasteiger partial charge on any atom is 0.233 e. The number of hydrogen-bond acceptors (Lipinski definition) is 4. The molecule has 3 aromatic rings. The number of para-hydroxylation sites is 2. The van der Waals surface area contributed by atoms with Crippen molar-refractivity contribution in [2.75, 3.05) is 11.4 Å². The van der Waals surface area contributed by atoms with E-state index in [4.69, 9.17) is 9.15 Å². The number of amides is 1. The molecule has 1 aliphatic rings. The Bertz CT molecular complexity index is 823. The molecule has 0 bridgehead atoms. The van der Waals surface area contributed by atoms with Crippen LogP contribution in [0, 0.1) is 0 Å². The number of benzene rings is 2. The topological polar surface area (TPSA) is 55.6 Å². The summed E-state index contributed by atoms with van der Waals surface area (Å²) in [7, 11) is 0. The first kappa shape index (κ1) is 13.8. The number of aromatic nitrogens is 1. The van der Waals surface area contributed by atoms with E-state index < -0.39 is 0 Å². The van der Waals surface area contributed by atoms with Gasteiger partial charge >= 0.3 is 0 Å². The van der Waals surface area contributed by atoms with Crippen LogP contribution in [0.25, 0.3) is 11.1 Å². The van der Waals surface area contributed by atoms with Crippen molar-refractivity contribution in [2.24, 2.45) is 0 Å². The van der Waals surface area contributed by atoms with Crippen molar-refractivity contribution in [1.29, 1.82) is 0 Å². The zero-order valence-electron chi connectivity index (χ0n) is 12.6. The first-order chi connectivity index (χ1) is 11.3. The number of nitrogens with zero attached hydrogens (tertiary/aromatic N) is 2. The molecule has 0 N–H and O–H groups in total. The van der Waals surface area contributed by atoms with Gasteiger partial charge in [-0.1, -0.05) is 18.2 Å². The Morgan fingerprint density at radius 2 is 2.09 bits per heavy atom. The van der Waals surface area contributed by atoms with E-state index in [-0.39, 0.29) is 12.5 Å². The molecule has 5 nitrogen and oxygen atoms in total. The number of hydrogen-bond donors (Lipinski definition) is 0. The smallest absolute Gasteiger partial charge is 0.233 e. The molecule has 0 aliphatic carbocycles. The molecule has 5 heteroatoms. The highest BCUT2D eigenvalue weighted by Gasteiger charge is 2.21. The van der Waals surface area contributed by atoms with E-state index in [1.807, 2.05) is 48.5 Å². The molecule has 1 saturated heterocycles. The fourth-order valence-corrected chi connectivity index (χ4v) is 2.79. The van der Waals surface area contributed by atoms with Crippen molar-refractivity contribution in [3.05, 3.63) is 54.4 Å². The number of fused-ring (bicyclic) bond motifs is 1.